The summed E-state index contributed by atoms with van der Waals surface area (Å²) in [4.78, 5) is 10.4. The van der Waals surface area contributed by atoms with Gasteiger partial charge in [0.15, 0.2) is 0 Å². The molecular weight excluding hydrogens is 178 g/mol. The summed E-state index contributed by atoms with van der Waals surface area (Å²) in [6, 6.07) is 0. The molecule has 1 atom stereocenters. The Hall–Kier alpha value is -0.890. The van der Waals surface area contributed by atoms with E-state index in [1.54, 1.807) is 11.8 Å². The molecular formula is C7H11NO3S. The largest absolute Gasteiger partial charge is 0.478 e. The minimum Gasteiger partial charge on any atom is -0.478 e. The van der Waals surface area contributed by atoms with Crippen molar-refractivity contribution in [2.45, 2.75) is 19.4 Å². The van der Waals surface area contributed by atoms with Crippen LogP contribution < -0.4 is 0 Å². The Morgan fingerprint density at radius 2 is 2.50 bits per heavy atom. The molecule has 0 spiro atoms. The van der Waals surface area contributed by atoms with Crippen molar-refractivity contribution in [1.29, 1.82) is 5.26 Å². The number of nitriles is 1. The fraction of sp³-hybridized carbons (Fsp3) is 0.714. The Bertz CT molecular complexity index is 178. The maximum absolute atomic E-state index is 10.4. The lowest BCUT2D eigenvalue weighted by Crippen LogP contribution is -2.22. The van der Waals surface area contributed by atoms with Gasteiger partial charge in [0.2, 0.25) is 6.10 Å². The molecule has 0 aliphatic heterocycles. The smallest absolute Gasteiger partial charge is 0.346 e. The first kappa shape index (κ1) is 11.1. The number of ether oxygens (including phenoxy) is 1. The second-order valence-corrected chi connectivity index (χ2v) is 3.42. The summed E-state index contributed by atoms with van der Waals surface area (Å²) < 4.78 is 4.34. The molecule has 12 heavy (non-hydrogen) atoms. The monoisotopic (exact) mass is 189 g/mol. The van der Waals surface area contributed by atoms with Gasteiger partial charge in [-0.15, -0.1) is 0 Å². The van der Waals surface area contributed by atoms with Crippen molar-refractivity contribution < 1.29 is 14.6 Å². The first-order valence-corrected chi connectivity index (χ1v) is 4.73. The summed E-state index contributed by atoms with van der Waals surface area (Å²) in [6.07, 6.45) is 0.785. The quantitative estimate of drug-likeness (QED) is 0.500. The predicted molar refractivity (Wildman–Crippen MR) is 45.7 cm³/mol. The van der Waals surface area contributed by atoms with E-state index in [1.165, 1.54) is 6.26 Å². The van der Waals surface area contributed by atoms with Gasteiger partial charge in [0, 0.05) is 6.42 Å². The van der Waals surface area contributed by atoms with Crippen LogP contribution in [0, 0.1) is 11.5 Å². The normalized spacial score (nSPS) is 11.7. The summed E-state index contributed by atoms with van der Waals surface area (Å²) in [7, 11) is 0. The van der Waals surface area contributed by atoms with Crippen LogP contribution in [0.15, 0.2) is 0 Å². The molecule has 0 aliphatic carbocycles. The van der Waals surface area contributed by atoms with E-state index in [-0.39, 0.29) is 0 Å². The first-order chi connectivity index (χ1) is 5.72. The molecule has 0 aliphatic rings. The van der Waals surface area contributed by atoms with E-state index in [2.05, 4.69) is 4.74 Å². The summed E-state index contributed by atoms with van der Waals surface area (Å²) >= 11 is 1.63. The van der Waals surface area contributed by atoms with Gasteiger partial charge in [0.1, 0.15) is 0 Å². The van der Waals surface area contributed by atoms with E-state index in [0.717, 1.165) is 5.75 Å². The van der Waals surface area contributed by atoms with Crippen molar-refractivity contribution in [3.63, 3.8) is 0 Å². The Morgan fingerprint density at radius 1 is 1.83 bits per heavy atom. The summed E-state index contributed by atoms with van der Waals surface area (Å²) in [5, 5.41) is 16.6. The molecule has 0 amide bonds. The lowest BCUT2D eigenvalue weighted by molar-refractivity contribution is -0.146. The van der Waals surface area contributed by atoms with E-state index in [4.69, 9.17) is 10.4 Å². The molecule has 0 saturated heterocycles. The number of rotatable bonds is 6. The minimum atomic E-state index is -1.08. The SMILES string of the molecule is CCSCCC(OC#N)C(=O)O. The lowest BCUT2D eigenvalue weighted by Gasteiger charge is -2.07. The average Bonchev–Trinajstić information content (AvgIpc) is 2.03. The standard InChI is InChI=1S/C7H11NO3S/c1-2-12-4-3-6(7(9)10)11-5-8/h6H,2-4H2,1H3,(H,9,10). The van der Waals surface area contributed by atoms with Gasteiger partial charge < -0.3 is 9.84 Å². The van der Waals surface area contributed by atoms with Crippen LogP contribution in [0.4, 0.5) is 0 Å². The van der Waals surface area contributed by atoms with Crippen LogP contribution in [0.2, 0.25) is 0 Å². The van der Waals surface area contributed by atoms with Crippen LogP contribution in [0.25, 0.3) is 0 Å². The van der Waals surface area contributed by atoms with Crippen molar-refractivity contribution in [1.82, 2.24) is 0 Å². The van der Waals surface area contributed by atoms with Crippen molar-refractivity contribution in [3.8, 4) is 6.26 Å². The zero-order valence-corrected chi connectivity index (χ0v) is 7.63. The van der Waals surface area contributed by atoms with Crippen molar-refractivity contribution in [3.05, 3.63) is 0 Å². The van der Waals surface area contributed by atoms with E-state index < -0.39 is 12.1 Å². The molecule has 1 unspecified atom stereocenters. The van der Waals surface area contributed by atoms with Crippen LogP contribution in [-0.2, 0) is 9.53 Å². The van der Waals surface area contributed by atoms with Crippen molar-refractivity contribution in [2.24, 2.45) is 0 Å². The first-order valence-electron chi connectivity index (χ1n) is 3.57. The number of hydrogen-bond acceptors (Lipinski definition) is 4. The number of aliphatic carboxylic acids is 1. The summed E-state index contributed by atoms with van der Waals surface area (Å²) in [5.41, 5.74) is 0. The predicted octanol–water partition coefficient (Wildman–Crippen LogP) is 1.08. The molecule has 0 bridgehead atoms. The Labute approximate surface area is 75.5 Å². The molecule has 0 aromatic heterocycles. The van der Waals surface area contributed by atoms with E-state index in [9.17, 15) is 4.79 Å². The number of nitrogens with zero attached hydrogens (tertiary/aromatic N) is 1. The topological polar surface area (TPSA) is 70.3 Å². The highest BCUT2D eigenvalue weighted by atomic mass is 32.2. The fourth-order valence-electron chi connectivity index (χ4n) is 0.631. The van der Waals surface area contributed by atoms with Gasteiger partial charge in [0.05, 0.1) is 0 Å². The molecule has 1 N–H and O–H groups in total. The molecule has 0 fully saturated rings. The third-order valence-electron chi connectivity index (χ3n) is 1.20. The average molecular weight is 189 g/mol. The second-order valence-electron chi connectivity index (χ2n) is 2.02. The third kappa shape index (κ3) is 4.85. The van der Waals surface area contributed by atoms with E-state index >= 15 is 0 Å². The third-order valence-corrected chi connectivity index (χ3v) is 2.13. The van der Waals surface area contributed by atoms with Crippen molar-refractivity contribution >= 4 is 17.7 Å². The molecule has 0 rings (SSSR count). The van der Waals surface area contributed by atoms with Crippen LogP contribution in [0.5, 0.6) is 0 Å². The Kier molecular flexibility index (Phi) is 6.29. The maximum atomic E-state index is 10.4. The van der Waals surface area contributed by atoms with Crippen molar-refractivity contribution in [2.75, 3.05) is 11.5 Å². The highest BCUT2D eigenvalue weighted by Crippen LogP contribution is 2.06. The Balaban J connectivity index is 3.65. The maximum Gasteiger partial charge on any atom is 0.346 e. The number of carboxylic acid groups (broad SMARTS) is 1. The molecule has 0 aromatic carbocycles. The van der Waals surface area contributed by atoms with Gasteiger partial charge in [-0.05, 0) is 11.5 Å². The van der Waals surface area contributed by atoms with Gasteiger partial charge in [-0.25, -0.2) is 4.79 Å². The van der Waals surface area contributed by atoms with Crippen LogP contribution in [0.1, 0.15) is 13.3 Å². The molecule has 0 aromatic rings. The van der Waals surface area contributed by atoms with Gasteiger partial charge in [0.25, 0.3) is 6.26 Å². The number of hydrogen-bond donors (Lipinski definition) is 1. The fourth-order valence-corrected chi connectivity index (χ4v) is 1.30. The lowest BCUT2D eigenvalue weighted by atomic mass is 10.3. The molecule has 0 heterocycles. The van der Waals surface area contributed by atoms with Crippen LogP contribution in [0.3, 0.4) is 0 Å². The van der Waals surface area contributed by atoms with Gasteiger partial charge in [-0.3, -0.25) is 0 Å². The molecule has 68 valence electrons. The zero-order valence-electron chi connectivity index (χ0n) is 6.82. The van der Waals surface area contributed by atoms with Gasteiger partial charge >= 0.3 is 5.97 Å². The number of carbonyl (C=O) groups is 1. The summed E-state index contributed by atoms with van der Waals surface area (Å²) in [6.45, 7) is 1.99. The number of carboxylic acids is 1. The molecule has 0 radical (unpaired) electrons. The molecule has 5 heteroatoms. The second kappa shape index (κ2) is 6.80. The summed E-state index contributed by atoms with van der Waals surface area (Å²) in [5.74, 6) is 0.571. The molecule has 0 saturated carbocycles. The highest BCUT2D eigenvalue weighted by Gasteiger charge is 2.17. The zero-order chi connectivity index (χ0) is 9.40. The highest BCUT2D eigenvalue weighted by molar-refractivity contribution is 7.99. The van der Waals surface area contributed by atoms with Gasteiger partial charge in [-0.1, -0.05) is 6.92 Å². The van der Waals surface area contributed by atoms with Crippen LogP contribution in [-0.4, -0.2) is 28.7 Å². The van der Waals surface area contributed by atoms with Crippen LogP contribution >= 0.6 is 11.8 Å². The number of thioether (sulfide) groups is 1. The molecule has 4 nitrogen and oxygen atoms in total. The van der Waals surface area contributed by atoms with Gasteiger partial charge in [-0.2, -0.15) is 17.0 Å². The van der Waals surface area contributed by atoms with E-state index in [1.807, 2.05) is 6.92 Å². The Morgan fingerprint density at radius 3 is 2.92 bits per heavy atom. The minimum absolute atomic E-state index is 0.376. The van der Waals surface area contributed by atoms with E-state index in [0.29, 0.717) is 12.2 Å².